The first-order chi connectivity index (χ1) is 19.5. The van der Waals surface area contributed by atoms with Crippen LogP contribution in [0.5, 0.6) is 0 Å². The van der Waals surface area contributed by atoms with Gasteiger partial charge in [-0.3, -0.25) is 0 Å². The fourth-order valence-corrected chi connectivity index (χ4v) is 17.3. The normalized spacial score (nSPS) is 44.8. The van der Waals surface area contributed by atoms with Crippen LogP contribution in [0.25, 0.3) is 29.3 Å². The Bertz CT molecular complexity index is 1710. The monoisotopic (exact) mass is 596 g/mol. The summed E-state index contributed by atoms with van der Waals surface area (Å²) in [6.07, 6.45) is 15.1. The van der Waals surface area contributed by atoms with Crippen LogP contribution in [0.3, 0.4) is 0 Å². The van der Waals surface area contributed by atoms with E-state index in [1.807, 2.05) is 22.7 Å². The van der Waals surface area contributed by atoms with Gasteiger partial charge in [0.1, 0.15) is 0 Å². The summed E-state index contributed by atoms with van der Waals surface area (Å²) in [6.45, 7) is 2.51. The molecule has 7 aliphatic rings. The number of hydrogen-bond acceptors (Lipinski definition) is 4. The van der Waals surface area contributed by atoms with Crippen LogP contribution >= 0.6 is 45.3 Å². The zero-order valence-electron chi connectivity index (χ0n) is 23.2. The average molecular weight is 597 g/mol. The summed E-state index contributed by atoms with van der Waals surface area (Å²) >= 11 is 8.27. The topological polar surface area (TPSA) is 0 Å². The van der Waals surface area contributed by atoms with E-state index in [9.17, 15) is 0 Å². The molecule has 11 rings (SSSR count). The zero-order chi connectivity index (χ0) is 26.1. The molecule has 4 heterocycles. The molecular formula is C36H36S4. The standard InChI is InChI=1S/C36H36S4/c1-20-10-22-14-33(13-20)18-35(33,16-22)31-8-6-29(39-31)27-4-2-25(37-27)26-3-5-28(38-26)30-7-9-32(40-30)36-15-21-11-23-17-34(36,19-36)24(23)12-21/h2-9,20-24H,10-19H2,1H3. The maximum Gasteiger partial charge on any atom is 0.0449 e. The Morgan fingerprint density at radius 3 is 1.85 bits per heavy atom. The molecule has 7 aliphatic carbocycles. The minimum atomic E-state index is 0.546. The van der Waals surface area contributed by atoms with Gasteiger partial charge in [-0.05, 0) is 153 Å². The molecule has 2 spiro atoms. The van der Waals surface area contributed by atoms with Gasteiger partial charge in [0.2, 0.25) is 0 Å². The molecule has 0 saturated heterocycles. The van der Waals surface area contributed by atoms with Gasteiger partial charge < -0.3 is 0 Å². The molecule has 9 unspecified atom stereocenters. The van der Waals surface area contributed by atoms with Crippen molar-refractivity contribution >= 4 is 45.3 Å². The highest BCUT2D eigenvalue weighted by molar-refractivity contribution is 7.28. The molecule has 204 valence electrons. The summed E-state index contributed by atoms with van der Waals surface area (Å²) in [5, 5.41) is 0. The van der Waals surface area contributed by atoms with Gasteiger partial charge in [0.25, 0.3) is 0 Å². The van der Waals surface area contributed by atoms with E-state index >= 15 is 0 Å². The predicted octanol–water partition coefficient (Wildman–Crippen LogP) is 11.5. The second-order valence-electron chi connectivity index (χ2n) is 15.5. The average Bonchev–Trinajstić information content (AvgIpc) is 3.48. The van der Waals surface area contributed by atoms with Crippen LogP contribution in [0.15, 0.2) is 48.5 Å². The first-order valence-electron chi connectivity index (χ1n) is 15.9. The van der Waals surface area contributed by atoms with Gasteiger partial charge in [-0.25, -0.2) is 0 Å². The second-order valence-corrected chi connectivity index (χ2v) is 19.9. The summed E-state index contributed by atoms with van der Waals surface area (Å²) in [5.41, 5.74) is 2.53. The fraction of sp³-hybridized carbons (Fsp3) is 0.556. The van der Waals surface area contributed by atoms with Crippen molar-refractivity contribution in [3.8, 4) is 29.3 Å². The van der Waals surface area contributed by atoms with E-state index in [0.717, 1.165) is 35.0 Å². The molecule has 7 saturated carbocycles. The van der Waals surface area contributed by atoms with Gasteiger partial charge in [0.15, 0.2) is 0 Å². The molecule has 4 bridgehead atoms. The SMILES string of the molecule is CC1CC2CC3(C1)CC3(c1ccc(-c3ccc(-c4ccc(-c5ccc(C67CC8CC9CC6(C7)C9C8)s5)s4)s3)s1)C2. The molecule has 0 nitrogen and oxygen atoms in total. The summed E-state index contributed by atoms with van der Waals surface area (Å²) in [6, 6.07) is 19.5. The Kier molecular flexibility index (Phi) is 4.24. The van der Waals surface area contributed by atoms with Gasteiger partial charge in [-0.2, -0.15) is 0 Å². The van der Waals surface area contributed by atoms with Gasteiger partial charge in [0.05, 0.1) is 0 Å². The van der Waals surface area contributed by atoms with Gasteiger partial charge >= 0.3 is 0 Å². The van der Waals surface area contributed by atoms with E-state index in [2.05, 4.69) is 78.1 Å². The van der Waals surface area contributed by atoms with E-state index in [0.29, 0.717) is 16.2 Å². The van der Waals surface area contributed by atoms with Crippen molar-refractivity contribution in [1.82, 2.24) is 0 Å². The van der Waals surface area contributed by atoms with Crippen molar-refractivity contribution in [3.63, 3.8) is 0 Å². The molecular weight excluding hydrogens is 561 g/mol. The first kappa shape index (κ1) is 23.3. The number of fused-ring (bicyclic) bond motifs is 2. The molecule has 4 heteroatoms. The first-order valence-corrected chi connectivity index (χ1v) is 19.2. The summed E-state index contributed by atoms with van der Waals surface area (Å²) < 4.78 is 0. The molecule has 4 aromatic rings. The number of hydrogen-bond donors (Lipinski definition) is 0. The predicted molar refractivity (Wildman–Crippen MR) is 172 cm³/mol. The van der Waals surface area contributed by atoms with Crippen molar-refractivity contribution < 1.29 is 0 Å². The van der Waals surface area contributed by atoms with Gasteiger partial charge in [-0.1, -0.05) is 6.92 Å². The Morgan fingerprint density at radius 2 is 1.15 bits per heavy atom. The molecule has 0 N–H and O–H groups in total. The van der Waals surface area contributed by atoms with Gasteiger partial charge in [0, 0.05) is 49.8 Å². The quantitative estimate of drug-likeness (QED) is 0.215. The number of thiophene rings is 4. The molecule has 0 radical (unpaired) electrons. The molecule has 7 fully saturated rings. The lowest BCUT2D eigenvalue weighted by molar-refractivity contribution is 0.0453. The van der Waals surface area contributed by atoms with Crippen LogP contribution in [-0.4, -0.2) is 0 Å². The molecule has 4 aromatic heterocycles. The lowest BCUT2D eigenvalue weighted by Crippen LogP contribution is -2.41. The third kappa shape index (κ3) is 2.72. The second kappa shape index (κ2) is 7.29. The van der Waals surface area contributed by atoms with E-state index in [1.165, 1.54) is 74.2 Å². The van der Waals surface area contributed by atoms with Crippen molar-refractivity contribution in [2.75, 3.05) is 0 Å². The smallest absolute Gasteiger partial charge is 0.0449 e. The van der Waals surface area contributed by atoms with E-state index < -0.39 is 0 Å². The third-order valence-electron chi connectivity index (χ3n) is 13.6. The van der Waals surface area contributed by atoms with Crippen LogP contribution < -0.4 is 0 Å². The zero-order valence-corrected chi connectivity index (χ0v) is 26.5. The summed E-state index contributed by atoms with van der Waals surface area (Å²) in [5.74, 6) is 5.16. The van der Waals surface area contributed by atoms with Crippen LogP contribution in [0.4, 0.5) is 0 Å². The van der Waals surface area contributed by atoms with Crippen molar-refractivity contribution in [2.24, 2.45) is 40.4 Å². The third-order valence-corrected chi connectivity index (χ3v) is 19.0. The largest absolute Gasteiger partial charge is 0.139 e. The van der Waals surface area contributed by atoms with Crippen molar-refractivity contribution in [1.29, 1.82) is 0 Å². The van der Waals surface area contributed by atoms with Crippen LogP contribution in [-0.2, 0) is 10.8 Å². The maximum atomic E-state index is 2.53. The minimum absolute atomic E-state index is 0.546. The Hall–Kier alpha value is -1.20. The molecule has 0 amide bonds. The van der Waals surface area contributed by atoms with E-state index in [-0.39, 0.29) is 0 Å². The fourth-order valence-electron chi connectivity index (χ4n) is 12.4. The van der Waals surface area contributed by atoms with Gasteiger partial charge in [-0.15, -0.1) is 45.3 Å². The number of rotatable bonds is 5. The van der Waals surface area contributed by atoms with Crippen LogP contribution in [0.2, 0.25) is 0 Å². The van der Waals surface area contributed by atoms with Crippen molar-refractivity contribution in [2.45, 2.75) is 82.0 Å². The van der Waals surface area contributed by atoms with Crippen molar-refractivity contribution in [3.05, 3.63) is 58.3 Å². The summed E-state index contributed by atoms with van der Waals surface area (Å²) in [4.78, 5) is 12.3. The lowest BCUT2D eigenvalue weighted by Gasteiger charge is -2.46. The van der Waals surface area contributed by atoms with Crippen LogP contribution in [0, 0.1) is 40.4 Å². The maximum absolute atomic E-state index is 2.53. The molecule has 40 heavy (non-hydrogen) atoms. The van der Waals surface area contributed by atoms with E-state index in [4.69, 9.17) is 0 Å². The molecule has 9 atom stereocenters. The molecule has 0 aliphatic heterocycles. The lowest BCUT2D eigenvalue weighted by atomic mass is 9.58. The highest BCUT2D eigenvalue weighted by Crippen LogP contribution is 2.87. The van der Waals surface area contributed by atoms with E-state index in [1.54, 1.807) is 29.0 Å². The van der Waals surface area contributed by atoms with Crippen LogP contribution in [0.1, 0.15) is 80.9 Å². The highest BCUT2D eigenvalue weighted by Gasteiger charge is 2.81. The Morgan fingerprint density at radius 1 is 0.550 bits per heavy atom. The Labute approximate surface area is 253 Å². The molecule has 0 aromatic carbocycles. The summed E-state index contributed by atoms with van der Waals surface area (Å²) in [7, 11) is 0. The minimum Gasteiger partial charge on any atom is -0.139 e. The Balaban J connectivity index is 0.851. The highest BCUT2D eigenvalue weighted by atomic mass is 32.1.